The first-order valence-electron chi connectivity index (χ1n) is 6.74. The van der Waals surface area contributed by atoms with Crippen LogP contribution in [0.4, 0.5) is 0 Å². The van der Waals surface area contributed by atoms with Crippen molar-refractivity contribution < 1.29 is 8.42 Å². The van der Waals surface area contributed by atoms with Gasteiger partial charge in [-0.05, 0) is 38.5 Å². The largest absolute Gasteiger partial charge is 0.315 e. The Morgan fingerprint density at radius 1 is 1.39 bits per heavy atom. The van der Waals surface area contributed by atoms with Crippen molar-refractivity contribution in [2.24, 2.45) is 0 Å². The van der Waals surface area contributed by atoms with Gasteiger partial charge in [-0.3, -0.25) is 0 Å². The molecule has 108 valence electrons. The van der Waals surface area contributed by atoms with Gasteiger partial charge in [-0.2, -0.15) is 11.8 Å². The minimum atomic E-state index is -3.17. The molecule has 1 aliphatic heterocycles. The van der Waals surface area contributed by atoms with Gasteiger partial charge >= 0.3 is 0 Å². The fourth-order valence-corrected chi connectivity index (χ4v) is 4.71. The predicted molar refractivity (Wildman–Crippen MR) is 79.6 cm³/mol. The number of hydrogen-bond donors (Lipinski definition) is 2. The molecule has 1 saturated heterocycles. The lowest BCUT2D eigenvalue weighted by Gasteiger charge is -2.31. The monoisotopic (exact) mass is 294 g/mol. The van der Waals surface area contributed by atoms with Crippen LogP contribution in [0.5, 0.6) is 0 Å². The van der Waals surface area contributed by atoms with E-state index in [1.807, 2.05) is 0 Å². The Morgan fingerprint density at radius 2 is 2.06 bits per heavy atom. The molecule has 0 amide bonds. The quantitative estimate of drug-likeness (QED) is 0.748. The third-order valence-corrected chi connectivity index (χ3v) is 7.42. The van der Waals surface area contributed by atoms with E-state index in [1.54, 1.807) is 11.8 Å². The molecule has 0 radical (unpaired) electrons. The second kappa shape index (κ2) is 7.12. The Bertz CT molecular complexity index is 326. The zero-order chi connectivity index (χ0) is 13.6. The van der Waals surface area contributed by atoms with Crippen LogP contribution in [0.15, 0.2) is 0 Å². The van der Waals surface area contributed by atoms with Crippen molar-refractivity contribution in [2.45, 2.75) is 49.5 Å². The molecular formula is C12H26N2O2S2. The van der Waals surface area contributed by atoms with E-state index in [1.165, 1.54) is 0 Å². The zero-order valence-electron chi connectivity index (χ0n) is 11.7. The SMILES string of the molecule is CCC(CC)(CNS(=O)(=O)C1CCCNC1)SC. The standard InChI is InChI=1S/C12H26N2O2S2/c1-4-12(5-2,17-3)10-14-18(15,16)11-7-6-8-13-9-11/h11,13-14H,4-10H2,1-3H3. The summed E-state index contributed by atoms with van der Waals surface area (Å²) in [5.41, 5.74) is 0. The molecule has 0 aromatic rings. The fraction of sp³-hybridized carbons (Fsp3) is 1.00. The summed E-state index contributed by atoms with van der Waals surface area (Å²) in [5.74, 6) is 0. The van der Waals surface area contributed by atoms with E-state index in [-0.39, 0.29) is 10.00 Å². The van der Waals surface area contributed by atoms with Gasteiger partial charge in [0.1, 0.15) is 0 Å². The number of nitrogens with one attached hydrogen (secondary N) is 2. The van der Waals surface area contributed by atoms with Crippen LogP contribution in [0, 0.1) is 0 Å². The van der Waals surface area contributed by atoms with Crippen LogP contribution < -0.4 is 10.0 Å². The molecule has 1 aliphatic rings. The molecule has 1 heterocycles. The van der Waals surface area contributed by atoms with E-state index in [2.05, 4.69) is 30.1 Å². The molecule has 2 N–H and O–H groups in total. The summed E-state index contributed by atoms with van der Waals surface area (Å²) in [6.45, 7) is 6.30. The molecule has 18 heavy (non-hydrogen) atoms. The van der Waals surface area contributed by atoms with Gasteiger partial charge < -0.3 is 5.32 Å². The maximum Gasteiger partial charge on any atom is 0.215 e. The van der Waals surface area contributed by atoms with Crippen molar-refractivity contribution in [3.05, 3.63) is 0 Å². The van der Waals surface area contributed by atoms with Crippen LogP contribution in [0.25, 0.3) is 0 Å². The third-order valence-electron chi connectivity index (χ3n) is 4.01. The Balaban J connectivity index is 2.59. The average molecular weight is 294 g/mol. The van der Waals surface area contributed by atoms with Gasteiger partial charge in [0.15, 0.2) is 0 Å². The van der Waals surface area contributed by atoms with Crippen LogP contribution in [-0.4, -0.2) is 44.3 Å². The molecule has 1 unspecified atom stereocenters. The van der Waals surface area contributed by atoms with Crippen LogP contribution >= 0.6 is 11.8 Å². The van der Waals surface area contributed by atoms with E-state index >= 15 is 0 Å². The van der Waals surface area contributed by atoms with E-state index < -0.39 is 10.0 Å². The maximum atomic E-state index is 12.2. The lowest BCUT2D eigenvalue weighted by atomic mass is 10.0. The highest BCUT2D eigenvalue weighted by molar-refractivity contribution is 8.00. The summed E-state index contributed by atoms with van der Waals surface area (Å²) in [4.78, 5) is 0. The number of hydrogen-bond acceptors (Lipinski definition) is 4. The number of sulfonamides is 1. The predicted octanol–water partition coefficient (Wildman–Crippen LogP) is 1.58. The van der Waals surface area contributed by atoms with Gasteiger partial charge in [-0.25, -0.2) is 13.1 Å². The molecule has 1 fully saturated rings. The summed E-state index contributed by atoms with van der Waals surface area (Å²) in [6.07, 6.45) is 5.74. The second-order valence-electron chi connectivity index (χ2n) is 4.93. The molecular weight excluding hydrogens is 268 g/mol. The summed E-state index contributed by atoms with van der Waals surface area (Å²) in [6, 6.07) is 0. The van der Waals surface area contributed by atoms with Crippen molar-refractivity contribution in [3.8, 4) is 0 Å². The molecule has 6 heteroatoms. The molecule has 1 atom stereocenters. The van der Waals surface area contributed by atoms with Gasteiger partial charge in [0.25, 0.3) is 0 Å². The van der Waals surface area contributed by atoms with E-state index in [4.69, 9.17) is 0 Å². The van der Waals surface area contributed by atoms with Crippen LogP contribution in [0.3, 0.4) is 0 Å². The second-order valence-corrected chi connectivity index (χ2v) is 8.25. The molecule has 0 aliphatic carbocycles. The van der Waals surface area contributed by atoms with E-state index in [0.29, 0.717) is 13.1 Å². The smallest absolute Gasteiger partial charge is 0.215 e. The van der Waals surface area contributed by atoms with E-state index in [0.717, 1.165) is 32.2 Å². The molecule has 0 spiro atoms. The van der Waals surface area contributed by atoms with Gasteiger partial charge in [0, 0.05) is 17.8 Å². The van der Waals surface area contributed by atoms with Crippen LogP contribution in [0.1, 0.15) is 39.5 Å². The maximum absolute atomic E-state index is 12.2. The van der Waals surface area contributed by atoms with Gasteiger partial charge in [-0.1, -0.05) is 13.8 Å². The number of piperidine rings is 1. The van der Waals surface area contributed by atoms with Crippen LogP contribution in [0.2, 0.25) is 0 Å². The first kappa shape index (κ1) is 16.3. The lowest BCUT2D eigenvalue weighted by molar-refractivity contribution is 0.479. The molecule has 0 aromatic carbocycles. The molecule has 1 rings (SSSR count). The van der Waals surface area contributed by atoms with Crippen molar-refractivity contribution in [3.63, 3.8) is 0 Å². The summed E-state index contributed by atoms with van der Waals surface area (Å²) in [5, 5.41) is 2.89. The average Bonchev–Trinajstić information content (AvgIpc) is 2.42. The summed E-state index contributed by atoms with van der Waals surface area (Å²) < 4.78 is 27.3. The zero-order valence-corrected chi connectivity index (χ0v) is 13.3. The Labute approximate surface area is 116 Å². The summed E-state index contributed by atoms with van der Waals surface area (Å²) in [7, 11) is -3.17. The van der Waals surface area contributed by atoms with Gasteiger partial charge in [-0.15, -0.1) is 0 Å². The minimum Gasteiger partial charge on any atom is -0.315 e. The summed E-state index contributed by atoms with van der Waals surface area (Å²) >= 11 is 1.76. The van der Waals surface area contributed by atoms with Crippen molar-refractivity contribution in [1.82, 2.24) is 10.0 Å². The van der Waals surface area contributed by atoms with Gasteiger partial charge in [0.2, 0.25) is 10.0 Å². The van der Waals surface area contributed by atoms with Crippen molar-refractivity contribution >= 4 is 21.8 Å². The number of rotatable bonds is 7. The third kappa shape index (κ3) is 4.11. The molecule has 0 saturated carbocycles. The lowest BCUT2D eigenvalue weighted by Crippen LogP contribution is -2.48. The molecule has 0 bridgehead atoms. The van der Waals surface area contributed by atoms with E-state index in [9.17, 15) is 8.42 Å². The fourth-order valence-electron chi connectivity index (χ4n) is 2.30. The first-order valence-corrected chi connectivity index (χ1v) is 9.51. The number of thioether (sulfide) groups is 1. The highest BCUT2D eigenvalue weighted by Gasteiger charge is 2.31. The minimum absolute atomic E-state index is 0.0369. The Kier molecular flexibility index (Phi) is 6.44. The molecule has 4 nitrogen and oxygen atoms in total. The first-order chi connectivity index (χ1) is 8.49. The topological polar surface area (TPSA) is 58.2 Å². The Hall–Kier alpha value is 0.220. The van der Waals surface area contributed by atoms with Crippen molar-refractivity contribution in [2.75, 3.05) is 25.9 Å². The van der Waals surface area contributed by atoms with Gasteiger partial charge in [0.05, 0.1) is 5.25 Å². The van der Waals surface area contributed by atoms with Crippen LogP contribution in [-0.2, 0) is 10.0 Å². The van der Waals surface area contributed by atoms with Crippen molar-refractivity contribution in [1.29, 1.82) is 0 Å². The highest BCUT2D eigenvalue weighted by atomic mass is 32.2. The molecule has 0 aromatic heterocycles. The normalized spacial score (nSPS) is 22.1. The highest BCUT2D eigenvalue weighted by Crippen LogP contribution is 2.30. The Morgan fingerprint density at radius 3 is 2.50 bits per heavy atom.